The first-order valence-corrected chi connectivity index (χ1v) is 10.1. The Hall–Kier alpha value is -3.05. The van der Waals surface area contributed by atoms with Crippen LogP contribution < -0.4 is 5.32 Å². The smallest absolute Gasteiger partial charge is 0.343 e. The van der Waals surface area contributed by atoms with E-state index in [1.807, 2.05) is 18.2 Å². The van der Waals surface area contributed by atoms with Crippen molar-refractivity contribution in [3.05, 3.63) is 80.0 Å². The number of nitrogens with zero attached hydrogens (tertiary/aromatic N) is 3. The van der Waals surface area contributed by atoms with Crippen molar-refractivity contribution < 1.29 is 14.3 Å². The Kier molecular flexibility index (Phi) is 7.18. The van der Waals surface area contributed by atoms with Gasteiger partial charge in [-0.15, -0.1) is 0 Å². The van der Waals surface area contributed by atoms with Crippen molar-refractivity contribution in [2.24, 2.45) is 0 Å². The van der Waals surface area contributed by atoms with Gasteiger partial charge in [0.25, 0.3) is 5.91 Å². The largest absolute Gasteiger partial charge is 0.452 e. The topological polar surface area (TPSA) is 97.0 Å². The van der Waals surface area contributed by atoms with Crippen molar-refractivity contribution in [3.8, 4) is 6.07 Å². The minimum absolute atomic E-state index is 0.0722. The number of carbonyl (C=O) groups is 2. The summed E-state index contributed by atoms with van der Waals surface area (Å²) in [7, 11) is 0. The Morgan fingerprint density at radius 2 is 1.90 bits per heavy atom. The van der Waals surface area contributed by atoms with Crippen LogP contribution in [0.1, 0.15) is 27.2 Å². The van der Waals surface area contributed by atoms with E-state index in [4.69, 9.17) is 44.8 Å². The molecule has 2 aromatic carbocycles. The first kappa shape index (κ1) is 22.6. The van der Waals surface area contributed by atoms with Crippen LogP contribution in [0.2, 0.25) is 15.2 Å². The van der Waals surface area contributed by atoms with Gasteiger partial charge in [0, 0.05) is 10.7 Å². The standard InChI is InChI=1S/C21H15Cl3N4O3/c1-12-19(20(24)28(27-12)10-14-4-2-3-5-16(14)22)21(30)31-11-18(29)26-15-7-6-13(9-25)17(23)8-15/h2-8H,10-11H2,1H3,(H,26,29). The molecule has 0 saturated carbocycles. The number of aromatic nitrogens is 2. The summed E-state index contributed by atoms with van der Waals surface area (Å²) in [6.07, 6.45) is 0. The van der Waals surface area contributed by atoms with E-state index < -0.39 is 18.5 Å². The molecule has 3 rings (SSSR count). The van der Waals surface area contributed by atoms with Crippen LogP contribution in [0.25, 0.3) is 0 Å². The molecule has 0 atom stereocenters. The number of carbonyl (C=O) groups excluding carboxylic acids is 2. The maximum Gasteiger partial charge on any atom is 0.343 e. The minimum Gasteiger partial charge on any atom is -0.452 e. The van der Waals surface area contributed by atoms with Gasteiger partial charge in [0.15, 0.2) is 6.61 Å². The van der Waals surface area contributed by atoms with Crippen LogP contribution in [0, 0.1) is 18.3 Å². The van der Waals surface area contributed by atoms with Gasteiger partial charge in [0.2, 0.25) is 0 Å². The van der Waals surface area contributed by atoms with Crippen LogP contribution in [0.4, 0.5) is 5.69 Å². The highest BCUT2D eigenvalue weighted by molar-refractivity contribution is 6.33. The second kappa shape index (κ2) is 9.84. The number of nitriles is 1. The molecule has 0 bridgehead atoms. The molecule has 1 N–H and O–H groups in total. The van der Waals surface area contributed by atoms with Gasteiger partial charge in [-0.1, -0.05) is 53.0 Å². The van der Waals surface area contributed by atoms with Gasteiger partial charge >= 0.3 is 5.97 Å². The summed E-state index contributed by atoms with van der Waals surface area (Å²) in [6, 6.07) is 13.6. The molecule has 0 aliphatic carbocycles. The van der Waals surface area contributed by atoms with Gasteiger partial charge in [-0.25, -0.2) is 9.48 Å². The number of rotatable bonds is 6. The van der Waals surface area contributed by atoms with Crippen LogP contribution >= 0.6 is 34.8 Å². The molecule has 1 aromatic heterocycles. The lowest BCUT2D eigenvalue weighted by Gasteiger charge is -2.08. The molecule has 1 amide bonds. The van der Waals surface area contributed by atoms with Crippen LogP contribution in [-0.4, -0.2) is 28.3 Å². The van der Waals surface area contributed by atoms with E-state index >= 15 is 0 Å². The van der Waals surface area contributed by atoms with Crippen LogP contribution in [-0.2, 0) is 16.1 Å². The number of benzene rings is 2. The first-order valence-electron chi connectivity index (χ1n) is 8.93. The molecule has 3 aromatic rings. The van der Waals surface area contributed by atoms with Crippen molar-refractivity contribution in [1.82, 2.24) is 9.78 Å². The average Bonchev–Trinajstić information content (AvgIpc) is 3.01. The van der Waals surface area contributed by atoms with Gasteiger partial charge in [-0.2, -0.15) is 10.4 Å². The maximum atomic E-state index is 12.5. The Labute approximate surface area is 193 Å². The molecule has 158 valence electrons. The molecule has 31 heavy (non-hydrogen) atoms. The number of halogens is 3. The quantitative estimate of drug-likeness (QED) is 0.511. The molecular formula is C21H15Cl3N4O3. The second-order valence-corrected chi connectivity index (χ2v) is 7.60. The van der Waals surface area contributed by atoms with Crippen molar-refractivity contribution in [1.29, 1.82) is 5.26 Å². The Bertz CT molecular complexity index is 1200. The van der Waals surface area contributed by atoms with E-state index in [0.29, 0.717) is 16.4 Å². The Morgan fingerprint density at radius 3 is 2.58 bits per heavy atom. The number of ether oxygens (including phenoxy) is 1. The zero-order chi connectivity index (χ0) is 22.5. The molecule has 0 spiro atoms. The molecule has 0 fully saturated rings. The van der Waals surface area contributed by atoms with Crippen molar-refractivity contribution >= 4 is 52.4 Å². The highest BCUT2D eigenvalue weighted by Gasteiger charge is 2.23. The van der Waals surface area contributed by atoms with E-state index in [0.717, 1.165) is 5.56 Å². The van der Waals surface area contributed by atoms with Gasteiger partial charge < -0.3 is 10.1 Å². The number of hydrogen-bond acceptors (Lipinski definition) is 5. The number of amides is 1. The summed E-state index contributed by atoms with van der Waals surface area (Å²) >= 11 is 18.4. The summed E-state index contributed by atoms with van der Waals surface area (Å²) < 4.78 is 6.52. The van der Waals surface area contributed by atoms with Crippen LogP contribution in [0.15, 0.2) is 42.5 Å². The highest BCUT2D eigenvalue weighted by atomic mass is 35.5. The Morgan fingerprint density at radius 1 is 1.16 bits per heavy atom. The fourth-order valence-electron chi connectivity index (χ4n) is 2.76. The number of esters is 1. The molecule has 1 heterocycles. The summed E-state index contributed by atoms with van der Waals surface area (Å²) in [5, 5.41) is 16.5. The van der Waals surface area contributed by atoms with Gasteiger partial charge in [-0.05, 0) is 36.8 Å². The Balaban J connectivity index is 1.65. The number of hydrogen-bond donors (Lipinski definition) is 1. The number of nitrogens with one attached hydrogen (secondary N) is 1. The molecule has 0 aliphatic rings. The maximum absolute atomic E-state index is 12.5. The monoisotopic (exact) mass is 476 g/mol. The van der Waals surface area contributed by atoms with Gasteiger partial charge in [0.05, 0.1) is 22.8 Å². The molecular weight excluding hydrogens is 463 g/mol. The second-order valence-electron chi connectivity index (χ2n) is 6.43. The molecule has 0 radical (unpaired) electrons. The van der Waals surface area contributed by atoms with Crippen LogP contribution in [0.3, 0.4) is 0 Å². The van der Waals surface area contributed by atoms with E-state index in [2.05, 4.69) is 10.4 Å². The average molecular weight is 478 g/mol. The van der Waals surface area contributed by atoms with Gasteiger partial charge in [-0.3, -0.25) is 4.79 Å². The third-order valence-corrected chi connectivity index (χ3v) is 5.32. The number of anilines is 1. The summed E-state index contributed by atoms with van der Waals surface area (Å²) in [4.78, 5) is 24.6. The predicted octanol–water partition coefficient (Wildman–Crippen LogP) is 4.87. The van der Waals surface area contributed by atoms with E-state index in [-0.39, 0.29) is 27.8 Å². The molecule has 0 unspecified atom stereocenters. The lowest BCUT2D eigenvalue weighted by Crippen LogP contribution is -2.21. The van der Waals surface area contributed by atoms with Crippen molar-refractivity contribution in [2.75, 3.05) is 11.9 Å². The van der Waals surface area contributed by atoms with E-state index in [9.17, 15) is 9.59 Å². The fraction of sp³-hybridized carbons (Fsp3) is 0.143. The minimum atomic E-state index is -0.777. The first-order chi connectivity index (χ1) is 14.8. The zero-order valence-corrected chi connectivity index (χ0v) is 18.4. The summed E-state index contributed by atoms with van der Waals surface area (Å²) in [6.45, 7) is 1.35. The number of aryl methyl sites for hydroxylation is 1. The highest BCUT2D eigenvalue weighted by Crippen LogP contribution is 2.24. The summed E-state index contributed by atoms with van der Waals surface area (Å²) in [5.74, 6) is -1.35. The van der Waals surface area contributed by atoms with Gasteiger partial charge in [0.1, 0.15) is 16.8 Å². The normalized spacial score (nSPS) is 10.4. The molecule has 0 saturated heterocycles. The van der Waals surface area contributed by atoms with Crippen molar-refractivity contribution in [2.45, 2.75) is 13.5 Å². The lowest BCUT2D eigenvalue weighted by molar-refractivity contribution is -0.119. The predicted molar refractivity (Wildman–Crippen MR) is 118 cm³/mol. The molecule has 0 aliphatic heterocycles. The summed E-state index contributed by atoms with van der Waals surface area (Å²) in [5.41, 5.74) is 1.87. The SMILES string of the molecule is Cc1nn(Cc2ccccc2Cl)c(Cl)c1C(=O)OCC(=O)Nc1ccc(C#N)c(Cl)c1. The lowest BCUT2D eigenvalue weighted by atomic mass is 10.2. The van der Waals surface area contributed by atoms with Crippen LogP contribution in [0.5, 0.6) is 0 Å². The van der Waals surface area contributed by atoms with E-state index in [1.54, 1.807) is 19.1 Å². The van der Waals surface area contributed by atoms with E-state index in [1.165, 1.54) is 22.9 Å². The fourth-order valence-corrected chi connectivity index (χ4v) is 3.49. The molecule has 10 heteroatoms. The third-order valence-electron chi connectivity index (χ3n) is 4.26. The molecule has 7 nitrogen and oxygen atoms in total. The van der Waals surface area contributed by atoms with Crippen molar-refractivity contribution in [3.63, 3.8) is 0 Å². The zero-order valence-electron chi connectivity index (χ0n) is 16.2. The third kappa shape index (κ3) is 5.36.